The molecule has 1 amide bonds. The Balaban J connectivity index is 1.68. The largest absolute Gasteiger partial charge is 0.458 e. The molecule has 0 unspecified atom stereocenters. The number of amides is 1. The Morgan fingerprint density at radius 1 is 1.04 bits per heavy atom. The van der Waals surface area contributed by atoms with Crippen molar-refractivity contribution < 1.29 is 19.1 Å². The molecule has 0 fully saturated rings. The lowest BCUT2D eigenvalue weighted by molar-refractivity contribution is -0.136. The summed E-state index contributed by atoms with van der Waals surface area (Å²) in [7, 11) is 0. The number of fused-ring (bicyclic) bond motifs is 1. The van der Waals surface area contributed by atoms with E-state index in [1.807, 2.05) is 36.4 Å². The second-order valence-electron chi connectivity index (χ2n) is 6.76. The van der Waals surface area contributed by atoms with Gasteiger partial charge in [-0.2, -0.15) is 0 Å². The number of nitrogens with zero attached hydrogens (tertiary/aromatic N) is 1. The zero-order valence-electron chi connectivity index (χ0n) is 14.9. The van der Waals surface area contributed by atoms with Crippen LogP contribution in [-0.2, 0) is 16.9 Å². The molecule has 4 rings (SSSR count). The molecule has 1 aliphatic heterocycles. The van der Waals surface area contributed by atoms with Gasteiger partial charge in [0.25, 0.3) is 5.91 Å². The number of benzene rings is 2. The van der Waals surface area contributed by atoms with Crippen LogP contribution in [0.15, 0.2) is 71.1 Å². The number of hydrogen-bond acceptors (Lipinski definition) is 4. The lowest BCUT2D eigenvalue weighted by Crippen LogP contribution is -2.41. The summed E-state index contributed by atoms with van der Waals surface area (Å²) in [5.74, 6) is -0.151. The third-order valence-corrected chi connectivity index (χ3v) is 4.85. The molecule has 3 aromatic rings. The summed E-state index contributed by atoms with van der Waals surface area (Å²) in [6.45, 7) is 2.07. The van der Waals surface area contributed by atoms with Crippen LogP contribution in [0.2, 0.25) is 0 Å². The van der Waals surface area contributed by atoms with Crippen molar-refractivity contribution in [2.45, 2.75) is 25.5 Å². The number of para-hydroxylation sites is 1. The predicted octanol–water partition coefficient (Wildman–Crippen LogP) is 3.60. The Kier molecular flexibility index (Phi) is 4.16. The molecule has 0 radical (unpaired) electrons. The smallest absolute Gasteiger partial charge is 0.264 e. The first kappa shape index (κ1) is 17.2. The van der Waals surface area contributed by atoms with Gasteiger partial charge in [-0.25, -0.2) is 0 Å². The summed E-state index contributed by atoms with van der Waals surface area (Å²) < 4.78 is 5.36. The molecule has 1 atom stereocenters. The number of hydrogen-bond donors (Lipinski definition) is 1. The van der Waals surface area contributed by atoms with Crippen LogP contribution in [0.25, 0.3) is 0 Å². The molecule has 1 aliphatic rings. The maximum absolute atomic E-state index is 13.2. The van der Waals surface area contributed by atoms with Crippen LogP contribution >= 0.6 is 0 Å². The summed E-state index contributed by atoms with van der Waals surface area (Å²) in [5, 5.41) is 11.2. The average molecular weight is 361 g/mol. The molecule has 27 heavy (non-hydrogen) atoms. The highest BCUT2D eigenvalue weighted by Gasteiger charge is 2.51. The zero-order chi connectivity index (χ0) is 19.0. The van der Waals surface area contributed by atoms with Crippen LogP contribution in [0.4, 0.5) is 5.69 Å². The van der Waals surface area contributed by atoms with E-state index < -0.39 is 17.3 Å². The first-order chi connectivity index (χ1) is 13.0. The highest BCUT2D eigenvalue weighted by molar-refractivity contribution is 6.10. The van der Waals surface area contributed by atoms with Crippen LogP contribution in [-0.4, -0.2) is 16.8 Å². The highest BCUT2D eigenvalue weighted by Crippen LogP contribution is 2.43. The lowest BCUT2D eigenvalue weighted by atomic mass is 9.89. The number of ketones is 1. The van der Waals surface area contributed by atoms with Crippen molar-refractivity contribution in [2.75, 3.05) is 4.90 Å². The summed E-state index contributed by atoms with van der Waals surface area (Å²) >= 11 is 0. The van der Waals surface area contributed by atoms with Gasteiger partial charge in [-0.15, -0.1) is 0 Å². The van der Waals surface area contributed by atoms with Gasteiger partial charge in [0.15, 0.2) is 11.4 Å². The highest BCUT2D eigenvalue weighted by atomic mass is 16.3. The maximum Gasteiger partial charge on any atom is 0.264 e. The molecule has 0 bridgehead atoms. The van der Waals surface area contributed by atoms with Gasteiger partial charge in [0.1, 0.15) is 5.76 Å². The molecule has 0 spiro atoms. The number of furan rings is 1. The van der Waals surface area contributed by atoms with Crippen LogP contribution in [0, 0.1) is 6.92 Å². The van der Waals surface area contributed by atoms with E-state index >= 15 is 0 Å². The first-order valence-electron chi connectivity index (χ1n) is 8.76. The summed E-state index contributed by atoms with van der Waals surface area (Å²) in [6, 6.07) is 19.8. The minimum atomic E-state index is -1.90. The number of Topliss-reactive ketones (excluding diaryl/α,β-unsaturated/α-hetero) is 1. The molecule has 2 aromatic carbocycles. The Bertz CT molecular complexity index is 1010. The molecule has 0 saturated heterocycles. The van der Waals surface area contributed by atoms with Gasteiger partial charge < -0.3 is 14.4 Å². The molecular formula is C22H19NO4. The van der Waals surface area contributed by atoms with Gasteiger partial charge in [0.2, 0.25) is 5.78 Å². The first-order valence-corrected chi connectivity index (χ1v) is 8.76. The number of anilines is 1. The molecule has 1 aromatic heterocycles. The van der Waals surface area contributed by atoms with Crippen LogP contribution < -0.4 is 4.90 Å². The van der Waals surface area contributed by atoms with Crippen molar-refractivity contribution >= 4 is 17.4 Å². The van der Waals surface area contributed by atoms with E-state index in [9.17, 15) is 14.7 Å². The molecule has 5 nitrogen and oxygen atoms in total. The van der Waals surface area contributed by atoms with Crippen molar-refractivity contribution in [1.29, 1.82) is 0 Å². The second kappa shape index (κ2) is 6.52. The van der Waals surface area contributed by atoms with E-state index in [1.165, 1.54) is 4.90 Å². The van der Waals surface area contributed by atoms with Crippen LogP contribution in [0.1, 0.15) is 33.9 Å². The third-order valence-electron chi connectivity index (χ3n) is 4.85. The monoisotopic (exact) mass is 361 g/mol. The summed E-state index contributed by atoms with van der Waals surface area (Å²) in [4.78, 5) is 27.3. The van der Waals surface area contributed by atoms with Crippen molar-refractivity contribution in [3.8, 4) is 0 Å². The number of aryl methyl sites for hydroxylation is 1. The fourth-order valence-electron chi connectivity index (χ4n) is 3.50. The second-order valence-corrected chi connectivity index (χ2v) is 6.76. The van der Waals surface area contributed by atoms with E-state index in [4.69, 9.17) is 4.42 Å². The Morgan fingerprint density at radius 3 is 2.44 bits per heavy atom. The molecule has 2 heterocycles. The van der Waals surface area contributed by atoms with Gasteiger partial charge in [-0.05, 0) is 30.7 Å². The predicted molar refractivity (Wildman–Crippen MR) is 100 cm³/mol. The van der Waals surface area contributed by atoms with Crippen LogP contribution in [0.3, 0.4) is 0 Å². The van der Waals surface area contributed by atoms with Crippen LogP contribution in [0.5, 0.6) is 0 Å². The van der Waals surface area contributed by atoms with Crippen molar-refractivity contribution in [1.82, 2.24) is 0 Å². The van der Waals surface area contributed by atoms with E-state index in [-0.39, 0.29) is 12.2 Å². The fourth-order valence-corrected chi connectivity index (χ4v) is 3.50. The summed E-state index contributed by atoms with van der Waals surface area (Å²) in [5.41, 5.74) is 0.112. The number of rotatable bonds is 5. The Labute approximate surface area is 156 Å². The van der Waals surface area contributed by atoms with Crippen molar-refractivity contribution in [3.05, 3.63) is 89.4 Å². The van der Waals surface area contributed by atoms with Gasteiger partial charge in [0.05, 0.1) is 18.7 Å². The molecule has 1 N–H and O–H groups in total. The number of carbonyl (C=O) groups is 2. The molecular weight excluding hydrogens is 342 g/mol. The van der Waals surface area contributed by atoms with Crippen molar-refractivity contribution in [3.63, 3.8) is 0 Å². The fraction of sp³-hybridized carbons (Fsp3) is 0.182. The molecule has 0 aliphatic carbocycles. The van der Waals surface area contributed by atoms with Gasteiger partial charge >= 0.3 is 0 Å². The topological polar surface area (TPSA) is 70.8 Å². The zero-order valence-corrected chi connectivity index (χ0v) is 14.9. The summed E-state index contributed by atoms with van der Waals surface area (Å²) in [6.07, 6.45) is -0.360. The van der Waals surface area contributed by atoms with Crippen molar-refractivity contribution in [2.24, 2.45) is 0 Å². The Morgan fingerprint density at radius 2 is 1.74 bits per heavy atom. The average Bonchev–Trinajstić information content (AvgIpc) is 3.20. The van der Waals surface area contributed by atoms with E-state index in [0.717, 1.165) is 5.56 Å². The number of aliphatic hydroxyl groups is 1. The normalized spacial score (nSPS) is 18.6. The van der Waals surface area contributed by atoms with E-state index in [1.54, 1.807) is 37.3 Å². The van der Waals surface area contributed by atoms with E-state index in [2.05, 4.69) is 0 Å². The number of carbonyl (C=O) groups excluding carboxylic acids is 2. The lowest BCUT2D eigenvalue weighted by Gasteiger charge is -2.22. The SMILES string of the molecule is Cc1ccc(C(=O)C[C@]2(O)C(=O)N(Cc3ccccc3)c3ccccc32)o1. The quantitative estimate of drug-likeness (QED) is 0.705. The van der Waals surface area contributed by atoms with E-state index in [0.29, 0.717) is 23.6 Å². The Hall–Kier alpha value is -3.18. The molecule has 5 heteroatoms. The standard InChI is InChI=1S/C22H19NO4/c1-15-11-12-20(27-15)19(24)13-22(26)17-9-5-6-10-18(17)23(21(22)25)14-16-7-3-2-4-8-16/h2-12,26H,13-14H2,1H3/t22-/m1/s1. The third kappa shape index (κ3) is 2.96. The minimum absolute atomic E-state index is 0.146. The van der Waals surface area contributed by atoms with Gasteiger partial charge in [-0.1, -0.05) is 48.5 Å². The molecule has 136 valence electrons. The van der Waals surface area contributed by atoms with Gasteiger partial charge in [-0.3, -0.25) is 9.59 Å². The molecule has 0 saturated carbocycles. The van der Waals surface area contributed by atoms with Gasteiger partial charge in [0, 0.05) is 5.56 Å². The minimum Gasteiger partial charge on any atom is -0.458 e. The maximum atomic E-state index is 13.2.